The lowest BCUT2D eigenvalue weighted by Crippen LogP contribution is -2.18. The predicted molar refractivity (Wildman–Crippen MR) is 137 cm³/mol. The van der Waals surface area contributed by atoms with Crippen LogP contribution in [0.4, 0.5) is 42.0 Å². The van der Waals surface area contributed by atoms with Crippen LogP contribution in [0.5, 0.6) is 0 Å². The second-order valence-corrected chi connectivity index (χ2v) is 10.1. The maximum absolute atomic E-state index is 13.7. The minimum Gasteiger partial charge on any atom is -0.365 e. The van der Waals surface area contributed by atoms with Crippen molar-refractivity contribution in [3.05, 3.63) is 64.8 Å². The van der Waals surface area contributed by atoms with Crippen LogP contribution in [0.15, 0.2) is 42.6 Å². The summed E-state index contributed by atoms with van der Waals surface area (Å²) in [6.45, 7) is 3.09. The topological polar surface area (TPSA) is 125 Å². The number of nitrogens with zero attached hydrogens (tertiary/aromatic N) is 2. The summed E-state index contributed by atoms with van der Waals surface area (Å²) in [6.07, 6.45) is -3.85. The molecule has 3 aromatic rings. The molecule has 1 amide bonds. The third-order valence-electron chi connectivity index (χ3n) is 5.57. The Hall–Kier alpha value is -3.87. The third-order valence-corrected chi connectivity index (χ3v) is 6.86. The van der Waals surface area contributed by atoms with Crippen molar-refractivity contribution in [1.82, 2.24) is 9.97 Å². The molecule has 37 heavy (non-hydrogen) atoms. The molecule has 0 aliphatic carbocycles. The minimum absolute atomic E-state index is 0. The molecule has 0 atom stereocenters. The third kappa shape index (κ3) is 6.47. The summed E-state index contributed by atoms with van der Waals surface area (Å²) in [5.41, 5.74) is 2.29. The second kappa shape index (κ2) is 10.6. The van der Waals surface area contributed by atoms with Crippen LogP contribution in [-0.2, 0) is 34.0 Å². The quantitative estimate of drug-likeness (QED) is 0.317. The lowest BCUT2D eigenvalue weighted by Gasteiger charge is -2.18. The summed E-state index contributed by atoms with van der Waals surface area (Å²) in [6, 6.07) is 9.95. The number of nitrogens with one attached hydrogen (secondary N) is 4. The van der Waals surface area contributed by atoms with E-state index in [2.05, 4.69) is 30.6 Å². The molecule has 0 spiro atoms. The average molecular weight is 537 g/mol. The second-order valence-electron chi connectivity index (χ2n) is 8.14. The Kier molecular flexibility index (Phi) is 7.96. The number of carbonyl (C=O) groups is 1. The van der Waals surface area contributed by atoms with E-state index in [1.165, 1.54) is 6.92 Å². The van der Waals surface area contributed by atoms with E-state index in [-0.39, 0.29) is 43.7 Å². The number of aryl methyl sites for hydroxylation is 1. The minimum atomic E-state index is -4.72. The number of fused-ring (bicyclic) bond motifs is 1. The van der Waals surface area contributed by atoms with Crippen LogP contribution >= 0.6 is 0 Å². The number of sulfonamides is 1. The number of anilines is 5. The average Bonchev–Trinajstić information content (AvgIpc) is 3.17. The smallest absolute Gasteiger partial charge is 0.365 e. The number of benzene rings is 2. The van der Waals surface area contributed by atoms with Crippen LogP contribution in [0.25, 0.3) is 0 Å². The van der Waals surface area contributed by atoms with Gasteiger partial charge in [-0.25, -0.2) is 13.4 Å². The van der Waals surface area contributed by atoms with Gasteiger partial charge < -0.3 is 16.0 Å². The summed E-state index contributed by atoms with van der Waals surface area (Å²) in [7, 11) is -3.59. The Morgan fingerprint density at radius 1 is 1.16 bits per heavy atom. The fourth-order valence-corrected chi connectivity index (χ4v) is 4.34. The Morgan fingerprint density at radius 3 is 2.62 bits per heavy atom. The van der Waals surface area contributed by atoms with Gasteiger partial charge in [0.2, 0.25) is 21.9 Å². The summed E-state index contributed by atoms with van der Waals surface area (Å²) in [5.74, 6) is -0.846. The predicted octanol–water partition coefficient (Wildman–Crippen LogP) is 5.05. The van der Waals surface area contributed by atoms with E-state index in [9.17, 15) is 26.4 Å². The summed E-state index contributed by atoms with van der Waals surface area (Å²) < 4.78 is 67.6. The fraction of sp³-hybridized carbons (Fsp3) is 0.292. The van der Waals surface area contributed by atoms with E-state index in [1.807, 2.05) is 0 Å². The molecule has 198 valence electrons. The number of amides is 1. The highest BCUT2D eigenvalue weighted by molar-refractivity contribution is 7.92. The lowest BCUT2D eigenvalue weighted by atomic mass is 10.1. The molecule has 2 aromatic carbocycles. The van der Waals surface area contributed by atoms with Crippen molar-refractivity contribution in [3.8, 4) is 0 Å². The van der Waals surface area contributed by atoms with E-state index in [4.69, 9.17) is 0 Å². The highest BCUT2D eigenvalue weighted by atomic mass is 32.2. The molecule has 4 N–H and O–H groups in total. The Bertz CT molecular complexity index is 1430. The molecule has 0 saturated carbocycles. The number of alkyl halides is 3. The van der Waals surface area contributed by atoms with E-state index >= 15 is 0 Å². The Balaban J connectivity index is 0.00000380. The van der Waals surface area contributed by atoms with E-state index in [1.54, 1.807) is 43.3 Å². The van der Waals surface area contributed by atoms with Gasteiger partial charge in [0, 0.05) is 24.1 Å². The first kappa shape index (κ1) is 27.7. The maximum Gasteiger partial charge on any atom is 0.421 e. The standard InChI is InChI=1S/C23H23F3N6O3S.CH4/c1-3-36(34,35)32-19-6-4-5-13(2)16(19)11-27-21-17(23(24,25)26)12-28-22(31-21)29-15-7-8-18-14(9-15)10-20(33)30-18;/h4-9,12,32H,3,10-11H2,1-2H3,(H,30,33)(H2,27,28,29,31);1H4. The highest BCUT2D eigenvalue weighted by Gasteiger charge is 2.35. The fourth-order valence-electron chi connectivity index (χ4n) is 3.66. The Morgan fingerprint density at radius 2 is 1.92 bits per heavy atom. The molecular formula is C24H27F3N6O3S. The van der Waals surface area contributed by atoms with Crippen molar-refractivity contribution >= 4 is 44.8 Å². The van der Waals surface area contributed by atoms with Crippen LogP contribution in [0.2, 0.25) is 0 Å². The van der Waals surface area contributed by atoms with Crippen molar-refractivity contribution < 1.29 is 26.4 Å². The van der Waals surface area contributed by atoms with E-state index in [0.717, 1.165) is 5.56 Å². The largest absolute Gasteiger partial charge is 0.421 e. The van der Waals surface area contributed by atoms with Crippen molar-refractivity contribution in [3.63, 3.8) is 0 Å². The molecule has 0 bridgehead atoms. The van der Waals surface area contributed by atoms with Crippen molar-refractivity contribution in [2.45, 2.75) is 40.4 Å². The summed E-state index contributed by atoms with van der Waals surface area (Å²) in [4.78, 5) is 19.4. The first-order valence-corrected chi connectivity index (χ1v) is 12.6. The molecular weight excluding hydrogens is 509 g/mol. The normalized spacial score (nSPS) is 12.8. The van der Waals surface area contributed by atoms with Gasteiger partial charge in [-0.2, -0.15) is 18.2 Å². The van der Waals surface area contributed by atoms with Gasteiger partial charge in [-0.15, -0.1) is 0 Å². The number of carbonyl (C=O) groups excluding carboxylic acids is 1. The van der Waals surface area contributed by atoms with E-state index in [0.29, 0.717) is 28.7 Å². The zero-order chi connectivity index (χ0) is 26.1. The highest BCUT2D eigenvalue weighted by Crippen LogP contribution is 2.35. The zero-order valence-electron chi connectivity index (χ0n) is 19.3. The first-order chi connectivity index (χ1) is 16.9. The van der Waals surface area contributed by atoms with Crippen LogP contribution < -0.4 is 20.7 Å². The molecule has 4 rings (SSSR count). The molecule has 9 nitrogen and oxygen atoms in total. The molecule has 1 aliphatic heterocycles. The molecule has 1 aromatic heterocycles. The monoisotopic (exact) mass is 536 g/mol. The van der Waals surface area contributed by atoms with Crippen molar-refractivity contribution in [2.75, 3.05) is 26.4 Å². The number of hydrogen-bond acceptors (Lipinski definition) is 7. The molecule has 2 heterocycles. The van der Waals surface area contributed by atoms with Crippen LogP contribution in [0.3, 0.4) is 0 Å². The van der Waals surface area contributed by atoms with Crippen LogP contribution in [-0.4, -0.2) is 30.0 Å². The van der Waals surface area contributed by atoms with Gasteiger partial charge in [-0.3, -0.25) is 9.52 Å². The van der Waals surface area contributed by atoms with Crippen LogP contribution in [0.1, 0.15) is 36.6 Å². The maximum atomic E-state index is 13.7. The first-order valence-electron chi connectivity index (χ1n) is 10.9. The summed E-state index contributed by atoms with van der Waals surface area (Å²) >= 11 is 0. The molecule has 13 heteroatoms. The van der Waals surface area contributed by atoms with Crippen molar-refractivity contribution in [2.24, 2.45) is 0 Å². The SMILES string of the molecule is C.CCS(=O)(=O)Nc1cccc(C)c1CNc1nc(Nc2ccc3c(c2)CC(=O)N3)ncc1C(F)(F)F. The van der Waals surface area contributed by atoms with Gasteiger partial charge in [-0.1, -0.05) is 19.6 Å². The molecule has 0 fully saturated rings. The van der Waals surface area contributed by atoms with Gasteiger partial charge in [0.1, 0.15) is 11.4 Å². The van der Waals surface area contributed by atoms with E-state index < -0.39 is 27.6 Å². The van der Waals surface area contributed by atoms with Gasteiger partial charge in [0.25, 0.3) is 0 Å². The number of rotatable bonds is 8. The van der Waals surface area contributed by atoms with Gasteiger partial charge in [0.05, 0.1) is 17.9 Å². The Labute approximate surface area is 213 Å². The molecule has 1 aliphatic rings. The van der Waals surface area contributed by atoms with Gasteiger partial charge in [-0.05, 0) is 54.8 Å². The molecule has 0 saturated heterocycles. The van der Waals surface area contributed by atoms with Gasteiger partial charge in [0.15, 0.2) is 0 Å². The van der Waals surface area contributed by atoms with Crippen molar-refractivity contribution in [1.29, 1.82) is 0 Å². The lowest BCUT2D eigenvalue weighted by molar-refractivity contribution is -0.137. The number of aromatic nitrogens is 2. The molecule has 0 radical (unpaired) electrons. The molecule has 0 unspecified atom stereocenters. The van der Waals surface area contributed by atoms with Crippen LogP contribution in [0, 0.1) is 6.92 Å². The van der Waals surface area contributed by atoms with Gasteiger partial charge >= 0.3 is 6.18 Å². The summed E-state index contributed by atoms with van der Waals surface area (Å²) in [5, 5.41) is 8.27. The number of hydrogen-bond donors (Lipinski definition) is 4. The zero-order valence-corrected chi connectivity index (χ0v) is 20.1. The number of halogens is 3.